The van der Waals surface area contributed by atoms with Crippen LogP contribution in [0.3, 0.4) is 0 Å². The maximum Gasteiger partial charge on any atom is 0.255 e. The Bertz CT molecular complexity index is 362. The second-order valence-electron chi connectivity index (χ2n) is 2.93. The van der Waals surface area contributed by atoms with Crippen LogP contribution in [-0.2, 0) is 9.53 Å². The molecule has 5 nitrogen and oxygen atoms in total. The van der Waals surface area contributed by atoms with E-state index >= 15 is 0 Å². The highest BCUT2D eigenvalue weighted by Gasteiger charge is 2.24. The van der Waals surface area contributed by atoms with Crippen molar-refractivity contribution in [3.63, 3.8) is 0 Å². The molecule has 1 amide bonds. The third-order valence-corrected chi connectivity index (χ3v) is 2.70. The molecule has 0 aromatic rings. The van der Waals surface area contributed by atoms with E-state index < -0.39 is 0 Å². The lowest BCUT2D eigenvalue weighted by molar-refractivity contribution is -0.118. The van der Waals surface area contributed by atoms with Gasteiger partial charge in [-0.05, 0) is 12.2 Å². The van der Waals surface area contributed by atoms with Crippen molar-refractivity contribution in [3.8, 4) is 0 Å². The monoisotopic (exact) mass is 225 g/mol. The highest BCUT2D eigenvalue weighted by atomic mass is 32.2. The largest absolute Gasteiger partial charge is 0.364 e. The lowest BCUT2D eigenvalue weighted by atomic mass is 10.1. The molecule has 0 aliphatic carbocycles. The quantitative estimate of drug-likeness (QED) is 0.540. The standard InChI is InChI=1S/C9H11N3O2S/c1-14-6-10-9(13)7-3-2-4-12-8(7)5-11-15-12/h2-5,11H,6H2,1H3,(H,10,13). The first-order chi connectivity index (χ1) is 7.33. The summed E-state index contributed by atoms with van der Waals surface area (Å²) in [7, 11) is 1.54. The van der Waals surface area contributed by atoms with Crippen LogP contribution in [0.4, 0.5) is 0 Å². The number of carbonyl (C=O) groups is 1. The fourth-order valence-electron chi connectivity index (χ4n) is 1.29. The van der Waals surface area contributed by atoms with Crippen LogP contribution in [0, 0.1) is 0 Å². The number of methoxy groups -OCH3 is 1. The van der Waals surface area contributed by atoms with Crippen LogP contribution in [0.25, 0.3) is 0 Å². The third kappa shape index (κ3) is 2.00. The molecule has 80 valence electrons. The maximum atomic E-state index is 11.7. The molecule has 6 heteroatoms. The number of nitrogens with zero attached hydrogens (tertiary/aromatic N) is 1. The Labute approximate surface area is 92.1 Å². The first kappa shape index (κ1) is 10.1. The van der Waals surface area contributed by atoms with Crippen molar-refractivity contribution in [2.24, 2.45) is 0 Å². The first-order valence-electron chi connectivity index (χ1n) is 4.41. The summed E-state index contributed by atoms with van der Waals surface area (Å²) in [6.45, 7) is 0.216. The molecule has 0 aromatic heterocycles. The number of hydrogen-bond donors (Lipinski definition) is 2. The maximum absolute atomic E-state index is 11.7. The van der Waals surface area contributed by atoms with Crippen molar-refractivity contribution in [2.75, 3.05) is 13.8 Å². The summed E-state index contributed by atoms with van der Waals surface area (Å²) < 4.78 is 9.66. The molecule has 0 unspecified atom stereocenters. The number of carbonyl (C=O) groups excluding carboxylic acids is 1. The molecule has 2 heterocycles. The van der Waals surface area contributed by atoms with E-state index in [0.717, 1.165) is 5.70 Å². The Kier molecular flexibility index (Phi) is 2.98. The van der Waals surface area contributed by atoms with Gasteiger partial charge < -0.3 is 14.8 Å². The van der Waals surface area contributed by atoms with Gasteiger partial charge in [-0.25, -0.2) is 0 Å². The van der Waals surface area contributed by atoms with Crippen molar-refractivity contribution >= 4 is 18.0 Å². The molecule has 2 aliphatic rings. The summed E-state index contributed by atoms with van der Waals surface area (Å²) in [4.78, 5) is 11.7. The Morgan fingerprint density at radius 2 is 2.60 bits per heavy atom. The van der Waals surface area contributed by atoms with Crippen molar-refractivity contribution < 1.29 is 9.53 Å². The van der Waals surface area contributed by atoms with E-state index in [1.54, 1.807) is 12.3 Å². The van der Waals surface area contributed by atoms with Crippen LogP contribution in [0.15, 0.2) is 35.8 Å². The highest BCUT2D eigenvalue weighted by Crippen LogP contribution is 2.30. The molecule has 0 aromatic carbocycles. The molecule has 2 rings (SSSR count). The molecule has 15 heavy (non-hydrogen) atoms. The van der Waals surface area contributed by atoms with Crippen LogP contribution in [0.1, 0.15) is 0 Å². The molecule has 2 aliphatic heterocycles. The van der Waals surface area contributed by atoms with E-state index in [2.05, 4.69) is 10.0 Å². The van der Waals surface area contributed by atoms with Crippen LogP contribution >= 0.6 is 12.1 Å². The predicted molar refractivity (Wildman–Crippen MR) is 57.9 cm³/mol. The number of hydrogen-bond acceptors (Lipinski definition) is 5. The third-order valence-electron chi connectivity index (χ3n) is 1.97. The molecule has 0 saturated heterocycles. The number of amides is 1. The van der Waals surface area contributed by atoms with Crippen molar-refractivity contribution in [1.29, 1.82) is 0 Å². The van der Waals surface area contributed by atoms with Crippen LogP contribution < -0.4 is 10.0 Å². The average molecular weight is 225 g/mol. The molecule has 0 spiro atoms. The van der Waals surface area contributed by atoms with Gasteiger partial charge in [0.05, 0.1) is 23.4 Å². The van der Waals surface area contributed by atoms with Crippen LogP contribution in [0.5, 0.6) is 0 Å². The molecule has 0 saturated carbocycles. The fourth-order valence-corrected chi connectivity index (χ4v) is 1.95. The minimum Gasteiger partial charge on any atom is -0.364 e. The van der Waals surface area contributed by atoms with Gasteiger partial charge in [0.15, 0.2) is 0 Å². The molecular weight excluding hydrogens is 214 g/mol. The smallest absolute Gasteiger partial charge is 0.255 e. The summed E-state index contributed by atoms with van der Waals surface area (Å²) in [5.41, 5.74) is 1.49. The van der Waals surface area contributed by atoms with Crippen molar-refractivity contribution in [1.82, 2.24) is 14.3 Å². The minimum atomic E-state index is -0.137. The highest BCUT2D eigenvalue weighted by molar-refractivity contribution is 7.95. The molecular formula is C9H11N3O2S. The Morgan fingerprint density at radius 1 is 1.73 bits per heavy atom. The zero-order valence-electron chi connectivity index (χ0n) is 8.19. The number of fused-ring (bicyclic) bond motifs is 1. The molecule has 0 fully saturated rings. The normalized spacial score (nSPS) is 17.8. The Morgan fingerprint density at radius 3 is 3.40 bits per heavy atom. The zero-order valence-corrected chi connectivity index (χ0v) is 9.00. The van der Waals surface area contributed by atoms with Gasteiger partial charge in [-0.3, -0.25) is 9.10 Å². The topological polar surface area (TPSA) is 53.6 Å². The van der Waals surface area contributed by atoms with E-state index in [-0.39, 0.29) is 12.6 Å². The Balaban J connectivity index is 2.10. The summed E-state index contributed by atoms with van der Waals surface area (Å²) >= 11 is 1.42. The minimum absolute atomic E-state index is 0.137. The number of nitrogens with one attached hydrogen (secondary N) is 2. The zero-order chi connectivity index (χ0) is 10.7. The van der Waals surface area contributed by atoms with Gasteiger partial charge in [0, 0.05) is 19.5 Å². The number of rotatable bonds is 3. The summed E-state index contributed by atoms with van der Waals surface area (Å²) in [6.07, 6.45) is 7.30. The molecule has 0 radical (unpaired) electrons. The first-order valence-corrected chi connectivity index (χ1v) is 5.18. The van der Waals surface area contributed by atoms with E-state index in [1.807, 2.05) is 16.6 Å². The van der Waals surface area contributed by atoms with E-state index in [0.29, 0.717) is 5.57 Å². The second kappa shape index (κ2) is 4.41. The van der Waals surface area contributed by atoms with E-state index in [1.165, 1.54) is 19.2 Å². The molecule has 0 bridgehead atoms. The number of allylic oxidation sites excluding steroid dienone is 2. The molecule has 2 N–H and O–H groups in total. The second-order valence-corrected chi connectivity index (χ2v) is 3.74. The van der Waals surface area contributed by atoms with E-state index in [4.69, 9.17) is 4.74 Å². The number of ether oxygens (including phenoxy) is 1. The van der Waals surface area contributed by atoms with Gasteiger partial charge in [-0.2, -0.15) is 0 Å². The van der Waals surface area contributed by atoms with Crippen molar-refractivity contribution in [3.05, 3.63) is 35.8 Å². The van der Waals surface area contributed by atoms with Gasteiger partial charge in [0.2, 0.25) is 0 Å². The summed E-state index contributed by atoms with van der Waals surface area (Å²) in [6, 6.07) is 0. The van der Waals surface area contributed by atoms with Crippen molar-refractivity contribution in [2.45, 2.75) is 0 Å². The van der Waals surface area contributed by atoms with Gasteiger partial charge in [-0.15, -0.1) is 0 Å². The average Bonchev–Trinajstić information content (AvgIpc) is 2.73. The van der Waals surface area contributed by atoms with E-state index in [9.17, 15) is 4.79 Å². The van der Waals surface area contributed by atoms with Gasteiger partial charge in [0.1, 0.15) is 6.73 Å². The van der Waals surface area contributed by atoms with Gasteiger partial charge in [-0.1, -0.05) is 0 Å². The fraction of sp³-hybridized carbons (Fsp3) is 0.222. The SMILES string of the molecule is COCNC(=O)C1=CC=CN2SNC=C12. The van der Waals surface area contributed by atoms with Gasteiger partial charge >= 0.3 is 0 Å². The predicted octanol–water partition coefficient (Wildman–Crippen LogP) is 0.470. The van der Waals surface area contributed by atoms with Gasteiger partial charge in [0.25, 0.3) is 5.91 Å². The summed E-state index contributed by atoms with van der Waals surface area (Å²) in [5.74, 6) is -0.137. The Hall–Kier alpha value is -1.40. The lowest BCUT2D eigenvalue weighted by Crippen LogP contribution is -2.29. The van der Waals surface area contributed by atoms with Crippen LogP contribution in [0.2, 0.25) is 0 Å². The lowest BCUT2D eigenvalue weighted by Gasteiger charge is -2.19. The van der Waals surface area contributed by atoms with Crippen LogP contribution in [-0.4, -0.2) is 24.1 Å². The molecule has 0 atom stereocenters. The summed E-state index contributed by atoms with van der Waals surface area (Å²) in [5, 5.41) is 2.65.